The van der Waals surface area contributed by atoms with E-state index >= 15 is 0 Å². The van der Waals surface area contributed by atoms with E-state index in [1.807, 2.05) is 49.5 Å². The molecular weight excluding hydrogens is 258 g/mol. The van der Waals surface area contributed by atoms with Gasteiger partial charge in [-0.2, -0.15) is 0 Å². The molecule has 0 bridgehead atoms. The molecule has 0 amide bonds. The van der Waals surface area contributed by atoms with Crippen molar-refractivity contribution in [2.45, 2.75) is 19.6 Å². The van der Waals surface area contributed by atoms with Crippen molar-refractivity contribution in [3.63, 3.8) is 0 Å². The van der Waals surface area contributed by atoms with Gasteiger partial charge in [0.15, 0.2) is 0 Å². The summed E-state index contributed by atoms with van der Waals surface area (Å²) in [5.41, 5.74) is 3.22. The molecule has 0 aliphatic carbocycles. The number of benzene rings is 2. The second-order valence-electron chi connectivity index (χ2n) is 4.75. The number of rotatable bonds is 4. The predicted molar refractivity (Wildman–Crippen MR) is 80.6 cm³/mol. The van der Waals surface area contributed by atoms with Gasteiger partial charge in [0.05, 0.1) is 6.10 Å². The fraction of sp³-hybridized carbons (Fsp3) is 0.250. The Morgan fingerprint density at radius 2 is 1.84 bits per heavy atom. The molecule has 0 aromatic heterocycles. The lowest BCUT2D eigenvalue weighted by Gasteiger charge is -2.20. The average Bonchev–Trinajstić information content (AvgIpc) is 2.39. The number of hydrogen-bond acceptors (Lipinski definition) is 2. The fourth-order valence-electron chi connectivity index (χ4n) is 2.01. The van der Waals surface area contributed by atoms with Crippen molar-refractivity contribution in [1.29, 1.82) is 0 Å². The zero-order valence-corrected chi connectivity index (χ0v) is 11.9. The first-order chi connectivity index (χ1) is 9.06. The van der Waals surface area contributed by atoms with Crippen molar-refractivity contribution < 1.29 is 5.11 Å². The van der Waals surface area contributed by atoms with E-state index in [-0.39, 0.29) is 0 Å². The summed E-state index contributed by atoms with van der Waals surface area (Å²) in [6.45, 7) is 2.57. The Labute approximate surface area is 119 Å². The molecule has 1 N–H and O–H groups in total. The minimum atomic E-state index is -0.424. The van der Waals surface area contributed by atoms with Gasteiger partial charge in [-0.1, -0.05) is 35.9 Å². The van der Waals surface area contributed by atoms with E-state index in [1.165, 1.54) is 5.56 Å². The van der Waals surface area contributed by atoms with E-state index in [0.29, 0.717) is 0 Å². The molecule has 19 heavy (non-hydrogen) atoms. The normalized spacial score (nSPS) is 12.2. The molecule has 2 rings (SSSR count). The third-order valence-corrected chi connectivity index (χ3v) is 3.36. The topological polar surface area (TPSA) is 23.5 Å². The minimum Gasteiger partial charge on any atom is -0.389 e. The molecule has 3 heteroatoms. The first kappa shape index (κ1) is 13.9. The Hall–Kier alpha value is -1.51. The molecule has 0 fully saturated rings. The van der Waals surface area contributed by atoms with Gasteiger partial charge in [-0.05, 0) is 42.3 Å². The first-order valence-electron chi connectivity index (χ1n) is 6.30. The van der Waals surface area contributed by atoms with Crippen LogP contribution in [0.3, 0.4) is 0 Å². The average molecular weight is 276 g/mol. The van der Waals surface area contributed by atoms with Crippen LogP contribution in [0.4, 0.5) is 5.69 Å². The van der Waals surface area contributed by atoms with E-state index in [1.54, 1.807) is 6.92 Å². The largest absolute Gasteiger partial charge is 0.389 e. The number of aliphatic hydroxyl groups excluding tert-OH is 1. The molecule has 0 saturated carbocycles. The summed E-state index contributed by atoms with van der Waals surface area (Å²) in [4.78, 5) is 2.15. The first-order valence-corrected chi connectivity index (χ1v) is 6.67. The number of anilines is 1. The van der Waals surface area contributed by atoms with Gasteiger partial charge in [0.2, 0.25) is 0 Å². The van der Waals surface area contributed by atoms with Gasteiger partial charge in [-0.3, -0.25) is 0 Å². The predicted octanol–water partition coefficient (Wildman–Crippen LogP) is 4.03. The SMILES string of the molecule is CC(O)c1ccc(N(C)Cc2cccc(Cl)c2)cc1. The highest BCUT2D eigenvalue weighted by molar-refractivity contribution is 6.30. The molecule has 0 spiro atoms. The Kier molecular flexibility index (Phi) is 4.46. The smallest absolute Gasteiger partial charge is 0.0761 e. The summed E-state index contributed by atoms with van der Waals surface area (Å²) >= 11 is 5.98. The maximum Gasteiger partial charge on any atom is 0.0761 e. The van der Waals surface area contributed by atoms with Crippen molar-refractivity contribution in [3.05, 3.63) is 64.7 Å². The Morgan fingerprint density at radius 3 is 2.42 bits per heavy atom. The minimum absolute atomic E-state index is 0.424. The van der Waals surface area contributed by atoms with Gasteiger partial charge in [-0.15, -0.1) is 0 Å². The maximum atomic E-state index is 9.49. The monoisotopic (exact) mass is 275 g/mol. The molecule has 100 valence electrons. The van der Waals surface area contributed by atoms with Crippen LogP contribution >= 0.6 is 11.6 Å². The quantitative estimate of drug-likeness (QED) is 0.911. The highest BCUT2D eigenvalue weighted by atomic mass is 35.5. The van der Waals surface area contributed by atoms with Gasteiger partial charge in [0.25, 0.3) is 0 Å². The highest BCUT2D eigenvalue weighted by Crippen LogP contribution is 2.20. The lowest BCUT2D eigenvalue weighted by atomic mass is 10.1. The lowest BCUT2D eigenvalue weighted by molar-refractivity contribution is 0.199. The summed E-state index contributed by atoms with van der Waals surface area (Å²) in [6, 6.07) is 15.8. The van der Waals surface area contributed by atoms with Crippen LogP contribution in [0.5, 0.6) is 0 Å². The summed E-state index contributed by atoms with van der Waals surface area (Å²) in [7, 11) is 2.04. The van der Waals surface area contributed by atoms with Crippen molar-refractivity contribution in [2.75, 3.05) is 11.9 Å². The molecule has 0 aliphatic rings. The molecule has 0 radical (unpaired) electrons. The number of halogens is 1. The molecular formula is C16H18ClNO. The second-order valence-corrected chi connectivity index (χ2v) is 5.19. The molecule has 0 saturated heterocycles. The Bertz CT molecular complexity index is 537. The van der Waals surface area contributed by atoms with E-state index < -0.39 is 6.10 Å². The molecule has 1 atom stereocenters. The van der Waals surface area contributed by atoms with Crippen LogP contribution < -0.4 is 4.90 Å². The van der Waals surface area contributed by atoms with E-state index in [9.17, 15) is 5.11 Å². The van der Waals surface area contributed by atoms with Crippen LogP contribution in [-0.2, 0) is 6.54 Å². The summed E-state index contributed by atoms with van der Waals surface area (Å²) < 4.78 is 0. The van der Waals surface area contributed by atoms with Crippen LogP contribution in [0, 0.1) is 0 Å². The third kappa shape index (κ3) is 3.72. The fourth-order valence-corrected chi connectivity index (χ4v) is 2.22. The molecule has 0 heterocycles. The molecule has 1 unspecified atom stereocenters. The van der Waals surface area contributed by atoms with Crippen molar-refractivity contribution >= 4 is 17.3 Å². The summed E-state index contributed by atoms with van der Waals surface area (Å²) in [6.07, 6.45) is -0.424. The van der Waals surface area contributed by atoms with Crippen LogP contribution in [-0.4, -0.2) is 12.2 Å². The van der Waals surface area contributed by atoms with E-state index in [4.69, 9.17) is 11.6 Å². The van der Waals surface area contributed by atoms with Gasteiger partial charge in [-0.25, -0.2) is 0 Å². The number of nitrogens with zero attached hydrogens (tertiary/aromatic N) is 1. The van der Waals surface area contributed by atoms with Crippen LogP contribution in [0.1, 0.15) is 24.2 Å². The highest BCUT2D eigenvalue weighted by Gasteiger charge is 2.04. The lowest BCUT2D eigenvalue weighted by Crippen LogP contribution is -2.16. The van der Waals surface area contributed by atoms with Gasteiger partial charge < -0.3 is 10.0 Å². The van der Waals surface area contributed by atoms with E-state index in [0.717, 1.165) is 22.8 Å². The zero-order valence-electron chi connectivity index (χ0n) is 11.2. The van der Waals surface area contributed by atoms with Crippen LogP contribution in [0.2, 0.25) is 5.02 Å². The molecule has 2 nitrogen and oxygen atoms in total. The third-order valence-electron chi connectivity index (χ3n) is 3.13. The maximum absolute atomic E-state index is 9.49. The summed E-state index contributed by atoms with van der Waals surface area (Å²) in [5, 5.41) is 10.3. The van der Waals surface area contributed by atoms with Gasteiger partial charge >= 0.3 is 0 Å². The van der Waals surface area contributed by atoms with Crippen molar-refractivity contribution in [1.82, 2.24) is 0 Å². The Balaban J connectivity index is 2.09. The van der Waals surface area contributed by atoms with Crippen LogP contribution in [0.25, 0.3) is 0 Å². The molecule has 0 aliphatic heterocycles. The van der Waals surface area contributed by atoms with E-state index in [2.05, 4.69) is 11.0 Å². The molecule has 2 aromatic carbocycles. The molecule has 2 aromatic rings. The van der Waals surface area contributed by atoms with Crippen molar-refractivity contribution in [2.24, 2.45) is 0 Å². The Morgan fingerprint density at radius 1 is 1.16 bits per heavy atom. The van der Waals surface area contributed by atoms with Crippen LogP contribution in [0.15, 0.2) is 48.5 Å². The number of aliphatic hydroxyl groups is 1. The van der Waals surface area contributed by atoms with Crippen molar-refractivity contribution in [3.8, 4) is 0 Å². The number of hydrogen-bond donors (Lipinski definition) is 1. The standard InChI is InChI=1S/C16H18ClNO/c1-12(19)14-6-8-16(9-7-14)18(2)11-13-4-3-5-15(17)10-13/h3-10,12,19H,11H2,1-2H3. The van der Waals surface area contributed by atoms with Gasteiger partial charge in [0.1, 0.15) is 0 Å². The zero-order chi connectivity index (χ0) is 13.8. The summed E-state index contributed by atoms with van der Waals surface area (Å²) in [5.74, 6) is 0. The second kappa shape index (κ2) is 6.09. The van der Waals surface area contributed by atoms with Gasteiger partial charge in [0, 0.05) is 24.3 Å².